The predicted molar refractivity (Wildman–Crippen MR) is 52.6 cm³/mol. The molecular formula is C10H13ClO3. The van der Waals surface area contributed by atoms with E-state index in [1.54, 1.807) is 6.26 Å². The van der Waals surface area contributed by atoms with Gasteiger partial charge in [-0.25, -0.2) is 0 Å². The molecular weight excluding hydrogens is 204 g/mol. The van der Waals surface area contributed by atoms with Gasteiger partial charge in [0.05, 0.1) is 18.8 Å². The summed E-state index contributed by atoms with van der Waals surface area (Å²) in [5.74, 6) is 0.517. The molecule has 3 nitrogen and oxygen atoms in total. The number of fused-ring (bicyclic) bond motifs is 1. The summed E-state index contributed by atoms with van der Waals surface area (Å²) in [6.45, 7) is 0.0700. The van der Waals surface area contributed by atoms with E-state index in [1.165, 1.54) is 0 Å². The van der Waals surface area contributed by atoms with Crippen molar-refractivity contribution in [3.8, 4) is 0 Å². The Balaban J connectivity index is 2.13. The summed E-state index contributed by atoms with van der Waals surface area (Å²) in [5, 5.41) is 9.15. The number of rotatable bonds is 3. The summed E-state index contributed by atoms with van der Waals surface area (Å²) in [6.07, 6.45) is 6.33. The van der Waals surface area contributed by atoms with Crippen molar-refractivity contribution in [1.29, 1.82) is 0 Å². The fraction of sp³-hybridized carbons (Fsp3) is 0.600. The highest BCUT2D eigenvalue weighted by Gasteiger charge is 2.38. The fourth-order valence-electron chi connectivity index (χ4n) is 2.10. The van der Waals surface area contributed by atoms with E-state index in [0.29, 0.717) is 5.92 Å². The first kappa shape index (κ1) is 10.0. The second-order valence-electron chi connectivity index (χ2n) is 3.47. The Labute approximate surface area is 88.0 Å². The monoisotopic (exact) mass is 216 g/mol. The van der Waals surface area contributed by atoms with Gasteiger partial charge >= 0.3 is 0 Å². The zero-order valence-corrected chi connectivity index (χ0v) is 8.48. The Hall–Kier alpha value is -0.510. The van der Waals surface area contributed by atoms with Crippen LogP contribution >= 0.6 is 11.6 Å². The van der Waals surface area contributed by atoms with Crippen molar-refractivity contribution in [3.05, 3.63) is 24.0 Å². The number of halogens is 1. The standard InChI is InChI=1S/C10H13ClO3/c11-6-14-10-9-7(3-4-13-10)1-2-8(9)5-12/h2-4,7,9-10,12H,1,5-6H2/t7-,9+,10+/m1/s1. The molecule has 4 heteroatoms. The van der Waals surface area contributed by atoms with Gasteiger partial charge < -0.3 is 14.6 Å². The zero-order valence-electron chi connectivity index (χ0n) is 7.73. The molecule has 1 aliphatic carbocycles. The Morgan fingerprint density at radius 2 is 2.50 bits per heavy atom. The van der Waals surface area contributed by atoms with Crippen LogP contribution in [0.15, 0.2) is 24.0 Å². The molecule has 0 aromatic carbocycles. The van der Waals surface area contributed by atoms with Crippen LogP contribution in [0.2, 0.25) is 0 Å². The number of aliphatic hydroxyl groups excluding tert-OH is 1. The van der Waals surface area contributed by atoms with E-state index in [1.807, 2.05) is 6.08 Å². The first-order chi connectivity index (χ1) is 6.86. The van der Waals surface area contributed by atoms with E-state index >= 15 is 0 Å². The van der Waals surface area contributed by atoms with Crippen LogP contribution in [0.5, 0.6) is 0 Å². The third-order valence-corrected chi connectivity index (χ3v) is 2.91. The van der Waals surface area contributed by atoms with Crippen molar-refractivity contribution in [1.82, 2.24) is 0 Å². The average molecular weight is 217 g/mol. The summed E-state index contributed by atoms with van der Waals surface area (Å²) >= 11 is 5.51. The van der Waals surface area contributed by atoms with E-state index < -0.39 is 0 Å². The van der Waals surface area contributed by atoms with Crippen molar-refractivity contribution in [3.63, 3.8) is 0 Å². The molecule has 0 fully saturated rings. The second-order valence-corrected chi connectivity index (χ2v) is 3.69. The van der Waals surface area contributed by atoms with Crippen LogP contribution in [0, 0.1) is 11.8 Å². The number of allylic oxidation sites excluding steroid dienone is 2. The molecule has 78 valence electrons. The minimum atomic E-state index is -0.344. The summed E-state index contributed by atoms with van der Waals surface area (Å²) in [7, 11) is 0. The van der Waals surface area contributed by atoms with Gasteiger partial charge in [0.2, 0.25) is 6.29 Å². The summed E-state index contributed by atoms with van der Waals surface area (Å²) in [4.78, 5) is 0. The molecule has 0 aromatic rings. The highest BCUT2D eigenvalue weighted by molar-refractivity contribution is 6.17. The summed E-state index contributed by atoms with van der Waals surface area (Å²) < 4.78 is 10.6. The molecule has 0 spiro atoms. The fourth-order valence-corrected chi connectivity index (χ4v) is 2.23. The number of ether oxygens (including phenoxy) is 2. The highest BCUT2D eigenvalue weighted by Crippen LogP contribution is 2.39. The summed E-state index contributed by atoms with van der Waals surface area (Å²) in [5.41, 5.74) is 0.995. The molecule has 1 N–H and O–H groups in total. The minimum Gasteiger partial charge on any atom is -0.472 e. The van der Waals surface area contributed by atoms with Crippen LogP contribution in [-0.4, -0.2) is 24.1 Å². The quantitative estimate of drug-likeness (QED) is 0.576. The molecule has 0 saturated carbocycles. The predicted octanol–water partition coefficient (Wildman–Crippen LogP) is 1.62. The molecule has 1 aliphatic heterocycles. The van der Waals surface area contributed by atoms with E-state index in [4.69, 9.17) is 26.2 Å². The first-order valence-corrected chi connectivity index (χ1v) is 5.19. The molecule has 0 bridgehead atoms. The van der Waals surface area contributed by atoms with Gasteiger partial charge in [-0.2, -0.15) is 0 Å². The van der Waals surface area contributed by atoms with Crippen molar-refractivity contribution in [2.45, 2.75) is 12.7 Å². The Bertz CT molecular complexity index is 262. The van der Waals surface area contributed by atoms with Gasteiger partial charge in [0.1, 0.15) is 6.07 Å². The Kier molecular flexibility index (Phi) is 3.11. The SMILES string of the molecule is OCC1=CC[C@@H]2C=CO[C@@H](OCCl)[C@H]12. The zero-order chi connectivity index (χ0) is 9.97. The lowest BCUT2D eigenvalue weighted by atomic mass is 9.89. The topological polar surface area (TPSA) is 38.7 Å². The van der Waals surface area contributed by atoms with Crippen LogP contribution in [0.1, 0.15) is 6.42 Å². The Morgan fingerprint density at radius 3 is 3.21 bits per heavy atom. The number of hydrogen-bond donors (Lipinski definition) is 1. The third kappa shape index (κ3) is 1.67. The van der Waals surface area contributed by atoms with Gasteiger partial charge in [0.25, 0.3) is 0 Å². The van der Waals surface area contributed by atoms with Crippen molar-refractivity contribution < 1.29 is 14.6 Å². The van der Waals surface area contributed by atoms with Gasteiger partial charge in [-0.15, -0.1) is 0 Å². The van der Waals surface area contributed by atoms with Gasteiger partial charge in [-0.05, 0) is 24.0 Å². The lowest BCUT2D eigenvalue weighted by Gasteiger charge is -2.31. The molecule has 0 aromatic heterocycles. The number of alkyl halides is 1. The molecule has 0 radical (unpaired) electrons. The third-order valence-electron chi connectivity index (χ3n) is 2.78. The van der Waals surface area contributed by atoms with Gasteiger partial charge in [0.15, 0.2) is 0 Å². The van der Waals surface area contributed by atoms with E-state index in [-0.39, 0.29) is 24.9 Å². The van der Waals surface area contributed by atoms with Crippen molar-refractivity contribution in [2.24, 2.45) is 11.8 Å². The normalized spacial score (nSPS) is 35.0. The maximum Gasteiger partial charge on any atom is 0.207 e. The lowest BCUT2D eigenvalue weighted by molar-refractivity contribution is -0.133. The molecule has 14 heavy (non-hydrogen) atoms. The first-order valence-electron chi connectivity index (χ1n) is 4.66. The van der Waals surface area contributed by atoms with E-state index in [0.717, 1.165) is 12.0 Å². The van der Waals surface area contributed by atoms with Crippen LogP contribution in [0.4, 0.5) is 0 Å². The van der Waals surface area contributed by atoms with Gasteiger partial charge in [-0.3, -0.25) is 0 Å². The van der Waals surface area contributed by atoms with Crippen molar-refractivity contribution in [2.75, 3.05) is 12.7 Å². The molecule has 0 amide bonds. The maximum absolute atomic E-state index is 9.15. The molecule has 2 aliphatic rings. The van der Waals surface area contributed by atoms with E-state index in [9.17, 15) is 0 Å². The molecule has 2 rings (SSSR count). The van der Waals surface area contributed by atoms with Crippen LogP contribution in [-0.2, 0) is 9.47 Å². The molecule has 0 saturated heterocycles. The van der Waals surface area contributed by atoms with Crippen LogP contribution in [0.25, 0.3) is 0 Å². The second kappa shape index (κ2) is 4.34. The smallest absolute Gasteiger partial charge is 0.207 e. The summed E-state index contributed by atoms with van der Waals surface area (Å²) in [6, 6.07) is 0.112. The largest absolute Gasteiger partial charge is 0.472 e. The van der Waals surface area contributed by atoms with Crippen LogP contribution < -0.4 is 0 Å². The average Bonchev–Trinajstić information content (AvgIpc) is 2.62. The lowest BCUT2D eigenvalue weighted by Crippen LogP contribution is -2.33. The highest BCUT2D eigenvalue weighted by atomic mass is 35.5. The molecule has 0 unspecified atom stereocenters. The van der Waals surface area contributed by atoms with E-state index in [2.05, 4.69) is 6.08 Å². The van der Waals surface area contributed by atoms with Crippen LogP contribution in [0.3, 0.4) is 0 Å². The molecule has 3 atom stereocenters. The van der Waals surface area contributed by atoms with Gasteiger partial charge in [-0.1, -0.05) is 17.7 Å². The number of aliphatic hydroxyl groups is 1. The van der Waals surface area contributed by atoms with Crippen molar-refractivity contribution >= 4 is 11.6 Å². The number of hydrogen-bond acceptors (Lipinski definition) is 3. The van der Waals surface area contributed by atoms with Gasteiger partial charge in [0, 0.05) is 0 Å². The minimum absolute atomic E-state index is 0.0700. The Morgan fingerprint density at radius 1 is 1.64 bits per heavy atom. The molecule has 1 heterocycles. The maximum atomic E-state index is 9.15.